The number of methoxy groups -OCH3 is 1. The molecule has 0 aliphatic carbocycles. The van der Waals surface area contributed by atoms with E-state index < -0.39 is 0 Å². The first-order chi connectivity index (χ1) is 11.7. The Hall–Kier alpha value is -1.56. The van der Waals surface area contributed by atoms with Crippen LogP contribution in [0.3, 0.4) is 0 Å². The predicted molar refractivity (Wildman–Crippen MR) is 101 cm³/mol. The minimum absolute atomic E-state index is 0.0397. The van der Waals surface area contributed by atoms with Gasteiger partial charge in [-0.05, 0) is 31.0 Å². The standard InChI is InChI=1S/C19H27BrN2O3/c1-19(2,3)18(24)22-9-7-13(8-10-22)17(23)21-12-14-11-15(20)5-6-16(14)25-4/h5-6,11,13H,7-10,12H2,1-4H3,(H,21,23). The zero-order valence-corrected chi connectivity index (χ0v) is 17.0. The van der Waals surface area contributed by atoms with E-state index in [2.05, 4.69) is 21.2 Å². The van der Waals surface area contributed by atoms with Crippen molar-refractivity contribution >= 4 is 27.7 Å². The molecule has 1 saturated heterocycles. The summed E-state index contributed by atoms with van der Waals surface area (Å²) in [4.78, 5) is 26.7. The normalized spacial score (nSPS) is 15.8. The van der Waals surface area contributed by atoms with Gasteiger partial charge in [-0.3, -0.25) is 9.59 Å². The predicted octanol–water partition coefficient (Wildman–Crippen LogP) is 3.36. The molecule has 0 unspecified atom stereocenters. The van der Waals surface area contributed by atoms with E-state index >= 15 is 0 Å². The molecule has 1 fully saturated rings. The fourth-order valence-corrected chi connectivity index (χ4v) is 3.44. The smallest absolute Gasteiger partial charge is 0.227 e. The third-order valence-electron chi connectivity index (χ3n) is 4.49. The molecule has 0 atom stereocenters. The van der Waals surface area contributed by atoms with Crippen LogP contribution in [-0.2, 0) is 16.1 Å². The summed E-state index contributed by atoms with van der Waals surface area (Å²) in [5.41, 5.74) is 0.567. The first kappa shape index (κ1) is 19.8. The number of amides is 2. The first-order valence-electron chi connectivity index (χ1n) is 8.62. The molecule has 138 valence electrons. The number of nitrogens with one attached hydrogen (secondary N) is 1. The highest BCUT2D eigenvalue weighted by molar-refractivity contribution is 9.10. The Morgan fingerprint density at radius 3 is 2.48 bits per heavy atom. The van der Waals surface area contributed by atoms with Crippen molar-refractivity contribution in [3.63, 3.8) is 0 Å². The molecule has 0 aromatic heterocycles. The zero-order valence-electron chi connectivity index (χ0n) is 15.4. The minimum atomic E-state index is -0.369. The van der Waals surface area contributed by atoms with Gasteiger partial charge in [0.2, 0.25) is 11.8 Å². The highest BCUT2D eigenvalue weighted by Gasteiger charge is 2.32. The molecule has 2 amide bonds. The molecule has 5 nitrogen and oxygen atoms in total. The second kappa shape index (κ2) is 8.21. The molecule has 1 N–H and O–H groups in total. The third kappa shape index (κ3) is 5.21. The maximum absolute atomic E-state index is 12.5. The van der Waals surface area contributed by atoms with Crippen molar-refractivity contribution in [3.8, 4) is 5.75 Å². The van der Waals surface area contributed by atoms with E-state index in [9.17, 15) is 9.59 Å². The zero-order chi connectivity index (χ0) is 18.6. The van der Waals surface area contributed by atoms with Crippen LogP contribution in [0.1, 0.15) is 39.2 Å². The van der Waals surface area contributed by atoms with Gasteiger partial charge in [0, 0.05) is 41.0 Å². The number of nitrogens with zero attached hydrogens (tertiary/aromatic N) is 1. The number of halogens is 1. The fraction of sp³-hybridized carbons (Fsp3) is 0.579. The maximum Gasteiger partial charge on any atom is 0.227 e. The number of carbonyl (C=O) groups is 2. The van der Waals surface area contributed by atoms with Gasteiger partial charge in [-0.1, -0.05) is 36.7 Å². The van der Waals surface area contributed by atoms with Gasteiger partial charge in [-0.2, -0.15) is 0 Å². The Labute approximate surface area is 158 Å². The van der Waals surface area contributed by atoms with Crippen LogP contribution in [0.4, 0.5) is 0 Å². The fourth-order valence-electron chi connectivity index (χ4n) is 3.03. The topological polar surface area (TPSA) is 58.6 Å². The molecule has 1 heterocycles. The van der Waals surface area contributed by atoms with Crippen molar-refractivity contribution in [2.24, 2.45) is 11.3 Å². The second-order valence-corrected chi connectivity index (χ2v) is 8.41. The van der Waals surface area contributed by atoms with Crippen molar-refractivity contribution in [3.05, 3.63) is 28.2 Å². The van der Waals surface area contributed by atoms with E-state index in [4.69, 9.17) is 4.74 Å². The van der Waals surface area contributed by atoms with Gasteiger partial charge >= 0.3 is 0 Å². The average Bonchev–Trinajstić information content (AvgIpc) is 2.58. The Kier molecular flexibility index (Phi) is 6.49. The number of hydrogen-bond donors (Lipinski definition) is 1. The van der Waals surface area contributed by atoms with E-state index in [0.29, 0.717) is 32.5 Å². The Morgan fingerprint density at radius 2 is 1.92 bits per heavy atom. The highest BCUT2D eigenvalue weighted by Crippen LogP contribution is 2.25. The summed E-state index contributed by atoms with van der Waals surface area (Å²) in [6, 6.07) is 5.73. The SMILES string of the molecule is COc1ccc(Br)cc1CNC(=O)C1CCN(C(=O)C(C)(C)C)CC1. The first-order valence-corrected chi connectivity index (χ1v) is 9.41. The monoisotopic (exact) mass is 410 g/mol. The van der Waals surface area contributed by atoms with Crippen LogP contribution in [0.2, 0.25) is 0 Å². The van der Waals surface area contributed by atoms with Crippen LogP contribution in [0, 0.1) is 11.3 Å². The van der Waals surface area contributed by atoms with Gasteiger partial charge in [0.15, 0.2) is 0 Å². The molecule has 0 radical (unpaired) electrons. The lowest BCUT2D eigenvalue weighted by Crippen LogP contribution is -2.46. The summed E-state index contributed by atoms with van der Waals surface area (Å²) in [6.07, 6.45) is 1.42. The summed E-state index contributed by atoms with van der Waals surface area (Å²) >= 11 is 3.44. The summed E-state index contributed by atoms with van der Waals surface area (Å²) in [6.45, 7) is 7.52. The lowest BCUT2D eigenvalue weighted by Gasteiger charge is -2.35. The molecule has 2 rings (SSSR count). The van der Waals surface area contributed by atoms with Crippen molar-refractivity contribution in [1.82, 2.24) is 10.2 Å². The Balaban J connectivity index is 1.87. The summed E-state index contributed by atoms with van der Waals surface area (Å²) in [5, 5.41) is 3.00. The lowest BCUT2D eigenvalue weighted by atomic mass is 9.90. The van der Waals surface area contributed by atoms with Crippen molar-refractivity contribution in [2.75, 3.05) is 20.2 Å². The molecular formula is C19H27BrN2O3. The Bertz CT molecular complexity index is 632. The molecule has 1 aromatic carbocycles. The molecule has 0 bridgehead atoms. The quantitative estimate of drug-likeness (QED) is 0.827. The number of hydrogen-bond acceptors (Lipinski definition) is 3. The molecular weight excluding hydrogens is 384 g/mol. The summed E-state index contributed by atoms with van der Waals surface area (Å²) in [7, 11) is 1.62. The van der Waals surface area contributed by atoms with Crippen LogP contribution < -0.4 is 10.1 Å². The number of likely N-dealkylation sites (tertiary alicyclic amines) is 1. The Morgan fingerprint density at radius 1 is 1.28 bits per heavy atom. The molecule has 25 heavy (non-hydrogen) atoms. The van der Waals surface area contributed by atoms with Crippen LogP contribution in [-0.4, -0.2) is 36.9 Å². The average molecular weight is 411 g/mol. The van der Waals surface area contributed by atoms with E-state index in [0.717, 1.165) is 15.8 Å². The van der Waals surface area contributed by atoms with Crippen LogP contribution in [0.15, 0.2) is 22.7 Å². The van der Waals surface area contributed by atoms with Gasteiger partial charge < -0.3 is 15.0 Å². The van der Waals surface area contributed by atoms with Crippen LogP contribution >= 0.6 is 15.9 Å². The minimum Gasteiger partial charge on any atom is -0.496 e. The van der Waals surface area contributed by atoms with Gasteiger partial charge in [0.05, 0.1) is 7.11 Å². The lowest BCUT2D eigenvalue weighted by molar-refractivity contribution is -0.142. The number of ether oxygens (including phenoxy) is 1. The van der Waals surface area contributed by atoms with Gasteiger partial charge in [-0.25, -0.2) is 0 Å². The van der Waals surface area contributed by atoms with Crippen molar-refractivity contribution in [1.29, 1.82) is 0 Å². The molecule has 0 spiro atoms. The van der Waals surface area contributed by atoms with Gasteiger partial charge in [0.25, 0.3) is 0 Å². The van der Waals surface area contributed by atoms with Crippen molar-refractivity contribution in [2.45, 2.75) is 40.2 Å². The summed E-state index contributed by atoms with van der Waals surface area (Å²) < 4.78 is 6.28. The van der Waals surface area contributed by atoms with Gasteiger partial charge in [-0.15, -0.1) is 0 Å². The number of carbonyl (C=O) groups excluding carboxylic acids is 2. The van der Waals surface area contributed by atoms with Crippen molar-refractivity contribution < 1.29 is 14.3 Å². The molecule has 1 aliphatic rings. The summed E-state index contributed by atoms with van der Waals surface area (Å²) in [5.74, 6) is 0.923. The van der Waals surface area contributed by atoms with E-state index in [-0.39, 0.29) is 23.1 Å². The molecule has 1 aliphatic heterocycles. The molecule has 1 aromatic rings. The number of piperidine rings is 1. The van der Waals surface area contributed by atoms with Crippen LogP contribution in [0.25, 0.3) is 0 Å². The number of rotatable bonds is 4. The second-order valence-electron chi connectivity index (χ2n) is 7.49. The number of benzene rings is 1. The van der Waals surface area contributed by atoms with E-state index in [1.807, 2.05) is 43.9 Å². The van der Waals surface area contributed by atoms with E-state index in [1.54, 1.807) is 7.11 Å². The van der Waals surface area contributed by atoms with E-state index in [1.165, 1.54) is 0 Å². The largest absolute Gasteiger partial charge is 0.496 e. The molecule has 6 heteroatoms. The maximum atomic E-state index is 12.5. The molecule has 0 saturated carbocycles. The highest BCUT2D eigenvalue weighted by atomic mass is 79.9. The van der Waals surface area contributed by atoms with Gasteiger partial charge in [0.1, 0.15) is 5.75 Å². The third-order valence-corrected chi connectivity index (χ3v) is 4.98. The van der Waals surface area contributed by atoms with Crippen LogP contribution in [0.5, 0.6) is 5.75 Å².